The highest BCUT2D eigenvalue weighted by molar-refractivity contribution is 6.00. The summed E-state index contributed by atoms with van der Waals surface area (Å²) >= 11 is 0. The Morgan fingerprint density at radius 2 is 1.97 bits per heavy atom. The second-order valence-electron chi connectivity index (χ2n) is 9.12. The molecule has 0 spiro atoms. The van der Waals surface area contributed by atoms with Crippen LogP contribution in [0.3, 0.4) is 0 Å². The number of H-pyrrole nitrogens is 1. The zero-order valence-corrected chi connectivity index (χ0v) is 18.1. The van der Waals surface area contributed by atoms with Gasteiger partial charge in [-0.05, 0) is 44.2 Å². The molecule has 0 saturated heterocycles. The fourth-order valence-electron chi connectivity index (χ4n) is 3.55. The number of fused-ring (bicyclic) bond motifs is 2. The monoisotopic (exact) mass is 407 g/mol. The maximum atomic E-state index is 10.4. The van der Waals surface area contributed by atoms with Gasteiger partial charge >= 0.3 is 0 Å². The van der Waals surface area contributed by atoms with Gasteiger partial charge in [0.05, 0.1) is 16.6 Å². The van der Waals surface area contributed by atoms with Gasteiger partial charge in [0.2, 0.25) is 0 Å². The molecule has 0 aliphatic heterocycles. The maximum absolute atomic E-state index is 10.4. The molecule has 1 unspecified atom stereocenters. The molecule has 0 aliphatic rings. The van der Waals surface area contributed by atoms with Crippen LogP contribution in [0.25, 0.3) is 33.2 Å². The summed E-state index contributed by atoms with van der Waals surface area (Å²) in [6, 6.07) is 8.01. The van der Waals surface area contributed by atoms with Crippen LogP contribution in [0.5, 0.6) is 0 Å². The van der Waals surface area contributed by atoms with E-state index >= 15 is 0 Å². The minimum atomic E-state index is -0.742. The van der Waals surface area contributed by atoms with E-state index in [4.69, 9.17) is 10.8 Å². The number of rotatable bonds is 5. The van der Waals surface area contributed by atoms with Crippen molar-refractivity contribution in [2.75, 3.05) is 12.3 Å². The van der Waals surface area contributed by atoms with Crippen LogP contribution in [0.2, 0.25) is 0 Å². The van der Waals surface area contributed by atoms with E-state index in [-0.39, 0.29) is 5.54 Å². The molecule has 0 saturated carbocycles. The number of nitrogens with one attached hydrogen (secondary N) is 2. The SMILES string of the molecule is CC(C)CNC(O)c1cc2ccc(-c3nn(C(C)(C)C)c4ncnc(N)c34)cc2[nH]1. The van der Waals surface area contributed by atoms with Gasteiger partial charge in [0.25, 0.3) is 0 Å². The van der Waals surface area contributed by atoms with Crippen molar-refractivity contribution in [3.8, 4) is 11.3 Å². The predicted molar refractivity (Wildman–Crippen MR) is 120 cm³/mol. The average Bonchev–Trinajstić information content (AvgIpc) is 3.27. The molecule has 8 heteroatoms. The smallest absolute Gasteiger partial charge is 0.164 e. The lowest BCUT2D eigenvalue weighted by atomic mass is 10.1. The number of hydrogen-bond donors (Lipinski definition) is 4. The van der Waals surface area contributed by atoms with Gasteiger partial charge in [0.15, 0.2) is 5.65 Å². The van der Waals surface area contributed by atoms with E-state index in [2.05, 4.69) is 54.9 Å². The molecule has 8 nitrogen and oxygen atoms in total. The number of nitrogens with zero attached hydrogens (tertiary/aromatic N) is 4. The third kappa shape index (κ3) is 3.64. The van der Waals surface area contributed by atoms with Gasteiger partial charge in [0.1, 0.15) is 24.1 Å². The Morgan fingerprint density at radius 1 is 1.20 bits per heavy atom. The standard InChI is InChI=1S/C22H29N7O/c1-12(2)10-24-21(30)16-8-13-6-7-14(9-15(13)27-16)18-17-19(23)25-11-26-20(17)29(28-18)22(3,4)5/h6-9,11-12,21,24,27,30H,10H2,1-5H3,(H2,23,25,26). The summed E-state index contributed by atoms with van der Waals surface area (Å²) in [5, 5.41) is 20.2. The summed E-state index contributed by atoms with van der Waals surface area (Å²) in [6.45, 7) is 11.2. The highest BCUT2D eigenvalue weighted by atomic mass is 16.3. The van der Waals surface area contributed by atoms with Crippen molar-refractivity contribution < 1.29 is 5.11 Å². The van der Waals surface area contributed by atoms with E-state index in [0.717, 1.165) is 39.8 Å². The third-order valence-corrected chi connectivity index (χ3v) is 5.06. The van der Waals surface area contributed by atoms with Crippen molar-refractivity contribution in [1.82, 2.24) is 30.0 Å². The summed E-state index contributed by atoms with van der Waals surface area (Å²) in [5.74, 6) is 0.862. The van der Waals surface area contributed by atoms with Crippen molar-refractivity contribution in [2.45, 2.75) is 46.4 Å². The Morgan fingerprint density at radius 3 is 2.67 bits per heavy atom. The Kier molecular flexibility index (Phi) is 4.99. The predicted octanol–water partition coefficient (Wildman–Crippen LogP) is 3.55. The van der Waals surface area contributed by atoms with Gasteiger partial charge in [0, 0.05) is 17.6 Å². The minimum absolute atomic E-state index is 0.257. The number of aromatic nitrogens is 5. The van der Waals surface area contributed by atoms with E-state index in [0.29, 0.717) is 17.4 Å². The second kappa shape index (κ2) is 7.37. The number of aliphatic hydroxyl groups is 1. The quantitative estimate of drug-likeness (QED) is 0.376. The summed E-state index contributed by atoms with van der Waals surface area (Å²) in [5.41, 5.74) is 9.98. The zero-order valence-electron chi connectivity index (χ0n) is 18.1. The molecule has 0 amide bonds. The average molecular weight is 408 g/mol. The molecule has 0 radical (unpaired) electrons. The van der Waals surface area contributed by atoms with E-state index in [9.17, 15) is 5.11 Å². The second-order valence-corrected chi connectivity index (χ2v) is 9.12. The van der Waals surface area contributed by atoms with Crippen molar-refractivity contribution in [2.24, 2.45) is 5.92 Å². The Bertz CT molecular complexity index is 1200. The van der Waals surface area contributed by atoms with Crippen molar-refractivity contribution in [3.63, 3.8) is 0 Å². The first kappa shape index (κ1) is 20.3. The minimum Gasteiger partial charge on any atom is -0.383 e. The van der Waals surface area contributed by atoms with Crippen LogP contribution in [-0.2, 0) is 5.54 Å². The molecule has 1 atom stereocenters. The number of nitrogens with two attached hydrogens (primary N) is 1. The normalized spacial score (nSPS) is 13.6. The summed E-state index contributed by atoms with van der Waals surface area (Å²) < 4.78 is 1.89. The third-order valence-electron chi connectivity index (χ3n) is 5.06. The number of benzene rings is 1. The fraction of sp³-hybridized carbons (Fsp3) is 0.409. The molecular weight excluding hydrogens is 378 g/mol. The molecule has 4 rings (SSSR count). The molecule has 0 fully saturated rings. The Balaban J connectivity index is 1.80. The van der Waals surface area contributed by atoms with Gasteiger partial charge in [-0.2, -0.15) is 5.10 Å². The van der Waals surface area contributed by atoms with Crippen LogP contribution in [0.1, 0.15) is 46.5 Å². The topological polar surface area (TPSA) is 118 Å². The Hall–Kier alpha value is -2.97. The first-order chi connectivity index (χ1) is 14.1. The van der Waals surface area contributed by atoms with E-state index < -0.39 is 6.23 Å². The van der Waals surface area contributed by atoms with Gasteiger partial charge in [-0.1, -0.05) is 26.0 Å². The molecule has 3 heterocycles. The van der Waals surface area contributed by atoms with Crippen LogP contribution < -0.4 is 11.1 Å². The van der Waals surface area contributed by atoms with Gasteiger partial charge < -0.3 is 15.8 Å². The number of nitrogen functional groups attached to an aromatic ring is 1. The molecular formula is C22H29N7O. The van der Waals surface area contributed by atoms with Crippen LogP contribution in [0.15, 0.2) is 30.6 Å². The fourth-order valence-corrected chi connectivity index (χ4v) is 3.55. The zero-order chi connectivity index (χ0) is 21.6. The van der Waals surface area contributed by atoms with Crippen molar-refractivity contribution in [3.05, 3.63) is 36.3 Å². The molecule has 0 aliphatic carbocycles. The Labute approximate surface area is 175 Å². The lowest BCUT2D eigenvalue weighted by molar-refractivity contribution is 0.131. The molecule has 0 bridgehead atoms. The lowest BCUT2D eigenvalue weighted by Gasteiger charge is -2.19. The van der Waals surface area contributed by atoms with Crippen LogP contribution in [0.4, 0.5) is 5.82 Å². The summed E-state index contributed by atoms with van der Waals surface area (Å²) in [7, 11) is 0. The van der Waals surface area contributed by atoms with Gasteiger partial charge in [-0.15, -0.1) is 0 Å². The first-order valence-electron chi connectivity index (χ1n) is 10.2. The molecule has 1 aromatic carbocycles. The maximum Gasteiger partial charge on any atom is 0.164 e. The molecule has 3 aromatic heterocycles. The molecule has 30 heavy (non-hydrogen) atoms. The van der Waals surface area contributed by atoms with Crippen molar-refractivity contribution in [1.29, 1.82) is 0 Å². The largest absolute Gasteiger partial charge is 0.383 e. The number of hydrogen-bond acceptors (Lipinski definition) is 6. The number of aliphatic hydroxyl groups excluding tert-OH is 1. The number of anilines is 1. The van der Waals surface area contributed by atoms with Crippen molar-refractivity contribution >= 4 is 27.8 Å². The first-order valence-corrected chi connectivity index (χ1v) is 10.2. The lowest BCUT2D eigenvalue weighted by Crippen LogP contribution is -2.25. The van der Waals surface area contributed by atoms with Crippen LogP contribution in [0, 0.1) is 5.92 Å². The van der Waals surface area contributed by atoms with Gasteiger partial charge in [-0.25, -0.2) is 14.6 Å². The highest BCUT2D eigenvalue weighted by Crippen LogP contribution is 2.34. The van der Waals surface area contributed by atoms with E-state index in [1.54, 1.807) is 0 Å². The number of aromatic amines is 1. The van der Waals surface area contributed by atoms with Crippen LogP contribution >= 0.6 is 0 Å². The molecule has 4 aromatic rings. The van der Waals surface area contributed by atoms with E-state index in [1.165, 1.54) is 6.33 Å². The highest BCUT2D eigenvalue weighted by Gasteiger charge is 2.24. The summed E-state index contributed by atoms with van der Waals surface area (Å²) in [6.07, 6.45) is 0.727. The molecule has 5 N–H and O–H groups in total. The summed E-state index contributed by atoms with van der Waals surface area (Å²) in [4.78, 5) is 11.9. The van der Waals surface area contributed by atoms with E-state index in [1.807, 2.05) is 28.9 Å². The molecule has 158 valence electrons. The van der Waals surface area contributed by atoms with Gasteiger partial charge in [-0.3, -0.25) is 5.32 Å². The van der Waals surface area contributed by atoms with Crippen LogP contribution in [-0.4, -0.2) is 36.4 Å².